The maximum Gasteiger partial charge on any atom is 0.437 e. The van der Waals surface area contributed by atoms with Gasteiger partial charge in [-0.15, -0.1) is 0 Å². The maximum absolute atomic E-state index is 13.6. The quantitative estimate of drug-likeness (QED) is 0.387. The molecule has 0 spiro atoms. The first-order valence-corrected chi connectivity index (χ1v) is 8.00. The van der Waals surface area contributed by atoms with E-state index in [0.29, 0.717) is 0 Å². The Morgan fingerprint density at radius 3 is 2.56 bits per heavy atom. The molecule has 1 saturated heterocycles. The van der Waals surface area contributed by atoms with Crippen molar-refractivity contribution in [1.82, 2.24) is 10.6 Å². The first kappa shape index (κ1) is 21.1. The van der Waals surface area contributed by atoms with E-state index < -0.39 is 47.3 Å². The van der Waals surface area contributed by atoms with Crippen molar-refractivity contribution in [3.05, 3.63) is 29.8 Å². The fourth-order valence-corrected chi connectivity index (χ4v) is 3.02. The number of halogens is 5. The summed E-state index contributed by atoms with van der Waals surface area (Å²) in [5.74, 6) is -4.18. The molecule has 0 radical (unpaired) electrons. The molecule has 1 aromatic rings. The molecular formula is C15H15F5N2O4S. The molecule has 0 aromatic heterocycles. The van der Waals surface area contributed by atoms with Crippen molar-refractivity contribution >= 4 is 23.3 Å². The molecule has 0 amide bonds. The van der Waals surface area contributed by atoms with Crippen LogP contribution in [-0.2, 0) is 9.53 Å². The van der Waals surface area contributed by atoms with Crippen LogP contribution in [0.25, 0.3) is 0 Å². The number of nitrogens with one attached hydrogen (secondary N) is 2. The van der Waals surface area contributed by atoms with Gasteiger partial charge in [-0.25, -0.2) is 0 Å². The lowest BCUT2D eigenvalue weighted by Gasteiger charge is -2.45. The lowest BCUT2D eigenvalue weighted by atomic mass is 9.81. The van der Waals surface area contributed by atoms with Crippen molar-refractivity contribution < 1.29 is 41.3 Å². The molecule has 6 nitrogen and oxygen atoms in total. The van der Waals surface area contributed by atoms with Gasteiger partial charge in [-0.2, -0.15) is 22.0 Å². The van der Waals surface area contributed by atoms with Crippen LogP contribution < -0.4 is 15.4 Å². The predicted molar refractivity (Wildman–Crippen MR) is 85.8 cm³/mol. The van der Waals surface area contributed by atoms with Gasteiger partial charge in [0.2, 0.25) is 0 Å². The normalized spacial score (nSPS) is 25.6. The van der Waals surface area contributed by atoms with Crippen LogP contribution in [0, 0.1) is 5.92 Å². The number of thiocarbonyl (C=S) groups is 1. The fourth-order valence-electron chi connectivity index (χ4n) is 2.74. The highest BCUT2D eigenvalue weighted by Gasteiger charge is 2.66. The maximum atomic E-state index is 13.6. The molecule has 3 N–H and O–H groups in total. The summed E-state index contributed by atoms with van der Waals surface area (Å²) in [6.45, 7) is -2.17. The van der Waals surface area contributed by atoms with E-state index in [2.05, 4.69) is 14.8 Å². The lowest BCUT2D eigenvalue weighted by Crippen LogP contribution is -2.73. The molecule has 150 valence electrons. The summed E-state index contributed by atoms with van der Waals surface area (Å²) >= 11 is 4.71. The lowest BCUT2D eigenvalue weighted by molar-refractivity contribution is -0.292. The van der Waals surface area contributed by atoms with Gasteiger partial charge in [-0.3, -0.25) is 4.79 Å². The Kier molecular flexibility index (Phi) is 6.10. The van der Waals surface area contributed by atoms with Gasteiger partial charge in [-0.1, -0.05) is 18.2 Å². The third-order valence-electron chi connectivity index (χ3n) is 3.82. The third kappa shape index (κ3) is 4.21. The molecule has 0 saturated carbocycles. The molecule has 12 heteroatoms. The zero-order chi connectivity index (χ0) is 20.4. The Balaban J connectivity index is 2.61. The standard InChI is InChI=1S/C15H15F5N2O4S/c1-2-25-11(23)9-10(7-5-3-4-6-8(7)26-12(16)17)21-13(27)22-14(9,24)15(18,19)20/h3-6,9-10,12,24H,2H2,1H3,(H2,21,22,27)/t9-,10+,14+/m0/s1. The summed E-state index contributed by atoms with van der Waals surface area (Å²) in [4.78, 5) is 12.3. The Morgan fingerprint density at radius 2 is 2.00 bits per heavy atom. The number of hydrogen-bond donors (Lipinski definition) is 3. The zero-order valence-corrected chi connectivity index (χ0v) is 14.5. The van der Waals surface area contributed by atoms with Gasteiger partial charge in [0.05, 0.1) is 12.6 Å². The van der Waals surface area contributed by atoms with Crippen molar-refractivity contribution in [2.45, 2.75) is 31.5 Å². The average Bonchev–Trinajstić information content (AvgIpc) is 2.53. The number of ether oxygens (including phenoxy) is 2. The highest BCUT2D eigenvalue weighted by molar-refractivity contribution is 7.80. The monoisotopic (exact) mass is 414 g/mol. The van der Waals surface area contributed by atoms with Gasteiger partial charge >= 0.3 is 18.8 Å². The number of aliphatic hydroxyl groups is 1. The van der Waals surface area contributed by atoms with Crippen LogP contribution in [0.5, 0.6) is 5.75 Å². The summed E-state index contributed by atoms with van der Waals surface area (Å²) in [6, 6.07) is 3.26. The van der Waals surface area contributed by atoms with Crippen molar-refractivity contribution in [1.29, 1.82) is 0 Å². The van der Waals surface area contributed by atoms with Crippen LogP contribution >= 0.6 is 12.2 Å². The number of para-hydroxylation sites is 1. The van der Waals surface area contributed by atoms with E-state index in [9.17, 15) is 31.9 Å². The van der Waals surface area contributed by atoms with Crippen LogP contribution in [0.3, 0.4) is 0 Å². The number of hydrogen-bond acceptors (Lipinski definition) is 5. The second-order valence-electron chi connectivity index (χ2n) is 5.49. The van der Waals surface area contributed by atoms with Crippen LogP contribution in [0.2, 0.25) is 0 Å². The molecule has 1 aliphatic heterocycles. The molecule has 2 rings (SSSR count). The van der Waals surface area contributed by atoms with Crippen LogP contribution in [0.4, 0.5) is 22.0 Å². The number of esters is 1. The molecule has 1 aromatic carbocycles. The van der Waals surface area contributed by atoms with E-state index in [0.717, 1.165) is 6.07 Å². The highest BCUT2D eigenvalue weighted by atomic mass is 32.1. The molecule has 27 heavy (non-hydrogen) atoms. The predicted octanol–water partition coefficient (Wildman–Crippen LogP) is 2.24. The molecule has 0 bridgehead atoms. The summed E-state index contributed by atoms with van der Waals surface area (Å²) in [6.07, 6.45) is -5.34. The number of rotatable bonds is 5. The second-order valence-corrected chi connectivity index (χ2v) is 5.89. The van der Waals surface area contributed by atoms with Gasteiger partial charge < -0.3 is 25.2 Å². The number of benzene rings is 1. The fraction of sp³-hybridized carbons (Fsp3) is 0.467. The smallest absolute Gasteiger partial charge is 0.437 e. The van der Waals surface area contributed by atoms with Crippen LogP contribution in [-0.4, -0.2) is 41.3 Å². The molecule has 0 aliphatic carbocycles. The molecule has 1 fully saturated rings. The minimum atomic E-state index is -5.34. The second kappa shape index (κ2) is 7.80. The summed E-state index contributed by atoms with van der Waals surface area (Å²) < 4.78 is 75.1. The van der Waals surface area contributed by atoms with E-state index in [4.69, 9.17) is 12.2 Å². The first-order chi connectivity index (χ1) is 12.5. The van der Waals surface area contributed by atoms with Crippen molar-refractivity contribution in [3.8, 4) is 5.75 Å². The van der Waals surface area contributed by atoms with Gasteiger partial charge in [-0.05, 0) is 25.2 Å². The molecule has 0 unspecified atom stereocenters. The Morgan fingerprint density at radius 1 is 1.37 bits per heavy atom. The zero-order valence-electron chi connectivity index (χ0n) is 13.7. The van der Waals surface area contributed by atoms with Gasteiger partial charge in [0.25, 0.3) is 5.72 Å². The van der Waals surface area contributed by atoms with E-state index in [-0.39, 0.29) is 12.2 Å². The Labute approximate surface area is 155 Å². The topological polar surface area (TPSA) is 79.8 Å². The minimum Gasteiger partial charge on any atom is -0.466 e. The molecule has 3 atom stereocenters. The van der Waals surface area contributed by atoms with Gasteiger partial charge in [0.1, 0.15) is 11.7 Å². The van der Waals surface area contributed by atoms with E-state index in [1.54, 1.807) is 5.32 Å². The van der Waals surface area contributed by atoms with Crippen molar-refractivity contribution in [2.24, 2.45) is 5.92 Å². The van der Waals surface area contributed by atoms with E-state index in [1.165, 1.54) is 25.1 Å². The summed E-state index contributed by atoms with van der Waals surface area (Å²) in [7, 11) is 0. The highest BCUT2D eigenvalue weighted by Crippen LogP contribution is 2.44. The molecular weight excluding hydrogens is 399 g/mol. The largest absolute Gasteiger partial charge is 0.466 e. The number of carbonyl (C=O) groups is 1. The van der Waals surface area contributed by atoms with Gasteiger partial charge in [0, 0.05) is 5.56 Å². The number of alkyl halides is 5. The molecule has 1 heterocycles. The Bertz CT molecular complexity index is 718. The molecule has 1 aliphatic rings. The SMILES string of the molecule is CCOC(=O)[C@@H]1[C@@H](c2ccccc2OC(F)F)NC(=S)N[C@]1(O)C(F)(F)F. The van der Waals surface area contributed by atoms with E-state index in [1.807, 2.05) is 0 Å². The van der Waals surface area contributed by atoms with Gasteiger partial charge in [0.15, 0.2) is 5.11 Å². The first-order valence-electron chi connectivity index (χ1n) is 7.59. The summed E-state index contributed by atoms with van der Waals surface area (Å²) in [5.41, 5.74) is -4.02. The van der Waals surface area contributed by atoms with Crippen LogP contribution in [0.1, 0.15) is 18.5 Å². The number of carbonyl (C=O) groups excluding carboxylic acids is 1. The summed E-state index contributed by atoms with van der Waals surface area (Å²) in [5, 5.41) is 13.7. The van der Waals surface area contributed by atoms with Crippen molar-refractivity contribution in [3.63, 3.8) is 0 Å². The minimum absolute atomic E-state index is 0.234. The van der Waals surface area contributed by atoms with Crippen LogP contribution in [0.15, 0.2) is 24.3 Å². The third-order valence-corrected chi connectivity index (χ3v) is 4.04. The van der Waals surface area contributed by atoms with Crippen molar-refractivity contribution in [2.75, 3.05) is 6.61 Å². The average molecular weight is 414 g/mol. The Hall–Kier alpha value is -2.21. The van der Waals surface area contributed by atoms with E-state index >= 15 is 0 Å².